The molecule has 0 spiro atoms. The molecule has 0 bridgehead atoms. The maximum Gasteiger partial charge on any atom is 0.306 e. The molecule has 1 saturated heterocycles. The number of methoxy groups -OCH3 is 1. The van der Waals surface area contributed by atoms with Crippen molar-refractivity contribution in [3.05, 3.63) is 29.8 Å². The minimum absolute atomic E-state index is 0.0623. The summed E-state index contributed by atoms with van der Waals surface area (Å²) in [7, 11) is -1.51. The lowest BCUT2D eigenvalue weighted by molar-refractivity contribution is -0.155. The monoisotopic (exact) mass is 369 g/mol. The fourth-order valence-corrected chi connectivity index (χ4v) is 4.36. The van der Waals surface area contributed by atoms with Crippen molar-refractivity contribution in [3.8, 4) is 5.75 Å². The molecule has 1 N–H and O–H groups in total. The summed E-state index contributed by atoms with van der Waals surface area (Å²) in [5.41, 5.74) is 0.884. The van der Waals surface area contributed by atoms with Gasteiger partial charge in [0.05, 0.1) is 18.6 Å². The first-order valence-electron chi connectivity index (χ1n) is 8.13. The van der Waals surface area contributed by atoms with Gasteiger partial charge in [0.2, 0.25) is 0 Å². The molecule has 1 aromatic rings. The highest BCUT2D eigenvalue weighted by atomic mass is 32.2. The number of sulfone groups is 1. The summed E-state index contributed by atoms with van der Waals surface area (Å²) in [6.45, 7) is 1.47. The normalized spacial score (nSPS) is 19.8. The number of para-hydroxylation sites is 1. The highest BCUT2D eigenvalue weighted by Gasteiger charge is 2.30. The zero-order chi connectivity index (χ0) is 18.4. The summed E-state index contributed by atoms with van der Waals surface area (Å²) >= 11 is 0. The number of amides is 1. The van der Waals surface area contributed by atoms with E-state index in [4.69, 9.17) is 9.47 Å². The fourth-order valence-electron chi connectivity index (χ4n) is 2.68. The van der Waals surface area contributed by atoms with E-state index in [1.807, 2.05) is 24.3 Å². The van der Waals surface area contributed by atoms with Gasteiger partial charge in [-0.25, -0.2) is 8.42 Å². The molecule has 1 aliphatic rings. The summed E-state index contributed by atoms with van der Waals surface area (Å²) in [6.07, 6.45) is -0.00962. The Balaban J connectivity index is 1.78. The van der Waals surface area contributed by atoms with E-state index in [0.29, 0.717) is 18.6 Å². The largest absolute Gasteiger partial charge is 0.496 e. The van der Waals surface area contributed by atoms with Crippen LogP contribution in [0.2, 0.25) is 0 Å². The standard InChI is InChI=1S/C17H23NO6S/c1-12(17(20)18-14-9-10-25(21,22)11-14)24-16(19)8-7-13-5-3-4-6-15(13)23-2/h3-6,12,14H,7-11H2,1-2H3,(H,18,20)/t12-,14-/m0/s1. The molecule has 0 unspecified atom stereocenters. The van der Waals surface area contributed by atoms with Gasteiger partial charge in [0, 0.05) is 12.5 Å². The van der Waals surface area contributed by atoms with Crippen molar-refractivity contribution in [3.63, 3.8) is 0 Å². The molecule has 8 heteroatoms. The van der Waals surface area contributed by atoms with Crippen LogP contribution >= 0.6 is 0 Å². The van der Waals surface area contributed by atoms with E-state index in [1.165, 1.54) is 6.92 Å². The predicted octanol–water partition coefficient (Wildman–Crippen LogP) is 0.863. The topological polar surface area (TPSA) is 98.8 Å². The lowest BCUT2D eigenvalue weighted by Gasteiger charge is -2.16. The SMILES string of the molecule is COc1ccccc1CCC(=O)O[C@@H](C)C(=O)N[C@H]1CCS(=O)(=O)C1. The number of benzene rings is 1. The Labute approximate surface area is 147 Å². The molecular formula is C17H23NO6S. The molecule has 138 valence electrons. The van der Waals surface area contributed by atoms with Crippen molar-refractivity contribution in [1.29, 1.82) is 0 Å². The third-order valence-electron chi connectivity index (χ3n) is 4.05. The van der Waals surface area contributed by atoms with Crippen LogP contribution < -0.4 is 10.1 Å². The van der Waals surface area contributed by atoms with Gasteiger partial charge in [0.15, 0.2) is 15.9 Å². The minimum Gasteiger partial charge on any atom is -0.496 e. The number of hydrogen-bond acceptors (Lipinski definition) is 6. The van der Waals surface area contributed by atoms with Gasteiger partial charge in [-0.05, 0) is 31.4 Å². The summed E-state index contributed by atoms with van der Waals surface area (Å²) in [5, 5.41) is 2.62. The number of nitrogens with one attached hydrogen (secondary N) is 1. The Kier molecular flexibility index (Phi) is 6.41. The van der Waals surface area contributed by atoms with Crippen LogP contribution in [0.15, 0.2) is 24.3 Å². The van der Waals surface area contributed by atoms with Crippen LogP contribution in [0, 0.1) is 0 Å². The second-order valence-corrected chi connectivity index (χ2v) is 8.28. The Morgan fingerprint density at radius 2 is 2.04 bits per heavy atom. The summed E-state index contributed by atoms with van der Waals surface area (Å²) in [6, 6.07) is 6.97. The minimum atomic E-state index is -3.07. The third-order valence-corrected chi connectivity index (χ3v) is 5.82. The Morgan fingerprint density at radius 3 is 2.68 bits per heavy atom. The molecule has 1 heterocycles. The van der Waals surface area contributed by atoms with Gasteiger partial charge in [0.25, 0.3) is 5.91 Å². The molecule has 1 fully saturated rings. The highest BCUT2D eigenvalue weighted by Crippen LogP contribution is 2.19. The van der Waals surface area contributed by atoms with Crippen molar-refractivity contribution in [1.82, 2.24) is 5.32 Å². The first-order chi connectivity index (χ1) is 11.8. The molecule has 2 atom stereocenters. The van der Waals surface area contributed by atoms with Crippen molar-refractivity contribution < 1.29 is 27.5 Å². The lowest BCUT2D eigenvalue weighted by atomic mass is 10.1. The molecule has 0 aromatic heterocycles. The van der Waals surface area contributed by atoms with E-state index in [-0.39, 0.29) is 17.9 Å². The van der Waals surface area contributed by atoms with Gasteiger partial charge in [0.1, 0.15) is 5.75 Å². The van der Waals surface area contributed by atoms with Crippen molar-refractivity contribution in [2.24, 2.45) is 0 Å². The van der Waals surface area contributed by atoms with Crippen LogP contribution in [0.3, 0.4) is 0 Å². The maximum atomic E-state index is 12.0. The van der Waals surface area contributed by atoms with E-state index < -0.39 is 33.9 Å². The van der Waals surface area contributed by atoms with Gasteiger partial charge < -0.3 is 14.8 Å². The number of hydrogen-bond donors (Lipinski definition) is 1. The molecule has 1 amide bonds. The summed E-state index contributed by atoms with van der Waals surface area (Å²) in [4.78, 5) is 23.9. The van der Waals surface area contributed by atoms with Gasteiger partial charge in [-0.15, -0.1) is 0 Å². The molecule has 0 saturated carbocycles. The number of aryl methyl sites for hydroxylation is 1. The molecule has 0 aliphatic carbocycles. The van der Waals surface area contributed by atoms with Crippen LogP contribution in [0.1, 0.15) is 25.3 Å². The molecule has 7 nitrogen and oxygen atoms in total. The number of rotatable bonds is 7. The number of esters is 1. The Morgan fingerprint density at radius 1 is 1.32 bits per heavy atom. The molecule has 2 rings (SSSR count). The molecule has 25 heavy (non-hydrogen) atoms. The Hall–Kier alpha value is -2.09. The molecule has 1 aromatic carbocycles. The zero-order valence-electron chi connectivity index (χ0n) is 14.4. The van der Waals surface area contributed by atoms with Crippen molar-refractivity contribution in [2.75, 3.05) is 18.6 Å². The summed E-state index contributed by atoms with van der Waals surface area (Å²) < 4.78 is 33.1. The van der Waals surface area contributed by atoms with Crippen LogP contribution in [-0.2, 0) is 30.6 Å². The Bertz CT molecular complexity index is 730. The van der Waals surface area contributed by atoms with E-state index in [2.05, 4.69) is 5.32 Å². The third kappa shape index (κ3) is 5.74. The molecular weight excluding hydrogens is 346 g/mol. The predicted molar refractivity (Wildman–Crippen MR) is 92.1 cm³/mol. The van der Waals surface area contributed by atoms with Crippen molar-refractivity contribution >= 4 is 21.7 Å². The van der Waals surface area contributed by atoms with Crippen LogP contribution in [0.4, 0.5) is 0 Å². The fraction of sp³-hybridized carbons (Fsp3) is 0.529. The average molecular weight is 369 g/mol. The quantitative estimate of drug-likeness (QED) is 0.716. The highest BCUT2D eigenvalue weighted by molar-refractivity contribution is 7.91. The zero-order valence-corrected chi connectivity index (χ0v) is 15.2. The van der Waals surface area contributed by atoms with Gasteiger partial charge in [-0.3, -0.25) is 9.59 Å². The number of ether oxygens (including phenoxy) is 2. The van der Waals surface area contributed by atoms with E-state index in [9.17, 15) is 18.0 Å². The van der Waals surface area contributed by atoms with Crippen molar-refractivity contribution in [2.45, 2.75) is 38.3 Å². The van der Waals surface area contributed by atoms with Gasteiger partial charge in [-0.2, -0.15) is 0 Å². The molecule has 0 radical (unpaired) electrons. The first kappa shape index (κ1) is 19.2. The number of carbonyl (C=O) groups is 2. The smallest absolute Gasteiger partial charge is 0.306 e. The average Bonchev–Trinajstić information content (AvgIpc) is 2.91. The maximum absolute atomic E-state index is 12.0. The van der Waals surface area contributed by atoms with E-state index >= 15 is 0 Å². The van der Waals surface area contributed by atoms with Crippen LogP contribution in [-0.4, -0.2) is 51.1 Å². The van der Waals surface area contributed by atoms with Crippen LogP contribution in [0.25, 0.3) is 0 Å². The first-order valence-corrected chi connectivity index (χ1v) is 9.95. The van der Waals surface area contributed by atoms with Gasteiger partial charge >= 0.3 is 5.97 Å². The van der Waals surface area contributed by atoms with E-state index in [0.717, 1.165) is 5.56 Å². The second-order valence-electron chi connectivity index (χ2n) is 6.05. The summed E-state index contributed by atoms with van der Waals surface area (Å²) in [5.74, 6) is -0.262. The van der Waals surface area contributed by atoms with Crippen LogP contribution in [0.5, 0.6) is 5.75 Å². The second kappa shape index (κ2) is 8.33. The van der Waals surface area contributed by atoms with E-state index in [1.54, 1.807) is 7.11 Å². The number of carbonyl (C=O) groups excluding carboxylic acids is 2. The van der Waals surface area contributed by atoms with Gasteiger partial charge in [-0.1, -0.05) is 18.2 Å². The molecule has 1 aliphatic heterocycles. The lowest BCUT2D eigenvalue weighted by Crippen LogP contribution is -2.42.